The van der Waals surface area contributed by atoms with Gasteiger partial charge in [0.2, 0.25) is 0 Å². The summed E-state index contributed by atoms with van der Waals surface area (Å²) in [5.41, 5.74) is 5.22. The highest BCUT2D eigenvalue weighted by molar-refractivity contribution is 7.18. The van der Waals surface area contributed by atoms with Gasteiger partial charge in [0.15, 0.2) is 0 Å². The maximum absolute atomic E-state index is 4.66. The normalized spacial score (nSPS) is 13.3. The standard InChI is InChI=1S/C17H17N3S/c1-2-7-15-14(6-1)20-16(21-15)11-18-10-13-5-3-4-12-8-9-19-17(12)13/h1-7,18-19H,8-11H2. The molecule has 0 radical (unpaired) electrons. The summed E-state index contributed by atoms with van der Waals surface area (Å²) in [5.74, 6) is 0. The molecule has 21 heavy (non-hydrogen) atoms. The molecular formula is C17H17N3S. The number of hydrogen-bond donors (Lipinski definition) is 2. The zero-order chi connectivity index (χ0) is 14.1. The summed E-state index contributed by atoms with van der Waals surface area (Å²) in [5, 5.41) is 8.15. The van der Waals surface area contributed by atoms with E-state index in [1.54, 1.807) is 11.3 Å². The Labute approximate surface area is 128 Å². The molecule has 0 aliphatic carbocycles. The summed E-state index contributed by atoms with van der Waals surface area (Å²) in [4.78, 5) is 4.66. The molecule has 2 aromatic carbocycles. The van der Waals surface area contributed by atoms with Crippen molar-refractivity contribution in [1.82, 2.24) is 10.3 Å². The van der Waals surface area contributed by atoms with E-state index in [4.69, 9.17) is 0 Å². The molecule has 0 fully saturated rings. The SMILES string of the molecule is c1cc2c(c(CNCc3nc4ccccc4s3)c1)NCC2. The van der Waals surface area contributed by atoms with Gasteiger partial charge in [-0.05, 0) is 29.7 Å². The third kappa shape index (κ3) is 2.52. The topological polar surface area (TPSA) is 37.0 Å². The van der Waals surface area contributed by atoms with Crippen molar-refractivity contribution in [2.24, 2.45) is 0 Å². The van der Waals surface area contributed by atoms with Gasteiger partial charge in [-0.1, -0.05) is 30.3 Å². The van der Waals surface area contributed by atoms with Gasteiger partial charge in [-0.15, -0.1) is 11.3 Å². The second-order valence-corrected chi connectivity index (χ2v) is 6.42. The quantitative estimate of drug-likeness (QED) is 0.773. The van der Waals surface area contributed by atoms with Crippen molar-refractivity contribution >= 4 is 27.2 Å². The third-order valence-corrected chi connectivity index (χ3v) is 4.90. The summed E-state index contributed by atoms with van der Waals surface area (Å²) < 4.78 is 1.26. The summed E-state index contributed by atoms with van der Waals surface area (Å²) in [7, 11) is 0. The highest BCUT2D eigenvalue weighted by Crippen LogP contribution is 2.26. The lowest BCUT2D eigenvalue weighted by molar-refractivity contribution is 0.692. The van der Waals surface area contributed by atoms with E-state index in [-0.39, 0.29) is 0 Å². The first-order valence-electron chi connectivity index (χ1n) is 7.30. The maximum Gasteiger partial charge on any atom is 0.108 e. The molecule has 0 amide bonds. The molecule has 0 saturated heterocycles. The highest BCUT2D eigenvalue weighted by Gasteiger charge is 2.13. The molecule has 4 heteroatoms. The van der Waals surface area contributed by atoms with E-state index < -0.39 is 0 Å². The van der Waals surface area contributed by atoms with Gasteiger partial charge in [-0.3, -0.25) is 0 Å². The number of fused-ring (bicyclic) bond motifs is 2. The molecule has 3 nitrogen and oxygen atoms in total. The van der Waals surface area contributed by atoms with Crippen LogP contribution in [0.25, 0.3) is 10.2 Å². The Balaban J connectivity index is 1.45. The van der Waals surface area contributed by atoms with E-state index >= 15 is 0 Å². The minimum atomic E-state index is 0.822. The van der Waals surface area contributed by atoms with Crippen LogP contribution in [0.1, 0.15) is 16.1 Å². The number of hydrogen-bond acceptors (Lipinski definition) is 4. The van der Waals surface area contributed by atoms with Crippen molar-refractivity contribution in [1.29, 1.82) is 0 Å². The average Bonchev–Trinajstić information content (AvgIpc) is 3.13. The Morgan fingerprint density at radius 3 is 3.00 bits per heavy atom. The van der Waals surface area contributed by atoms with Crippen LogP contribution in [-0.4, -0.2) is 11.5 Å². The van der Waals surface area contributed by atoms with E-state index in [2.05, 4.69) is 52.0 Å². The molecule has 0 unspecified atom stereocenters. The monoisotopic (exact) mass is 295 g/mol. The Morgan fingerprint density at radius 2 is 2.05 bits per heavy atom. The highest BCUT2D eigenvalue weighted by atomic mass is 32.1. The van der Waals surface area contributed by atoms with E-state index in [1.807, 2.05) is 6.07 Å². The van der Waals surface area contributed by atoms with Crippen LogP contribution in [0.15, 0.2) is 42.5 Å². The van der Waals surface area contributed by atoms with Gasteiger partial charge >= 0.3 is 0 Å². The van der Waals surface area contributed by atoms with Gasteiger partial charge in [0, 0.05) is 25.3 Å². The van der Waals surface area contributed by atoms with Crippen molar-refractivity contribution in [3.05, 3.63) is 58.6 Å². The van der Waals surface area contributed by atoms with Gasteiger partial charge in [0.1, 0.15) is 5.01 Å². The van der Waals surface area contributed by atoms with Crippen LogP contribution < -0.4 is 10.6 Å². The number of rotatable bonds is 4. The fourth-order valence-corrected chi connectivity index (χ4v) is 3.79. The number of aromatic nitrogens is 1. The predicted molar refractivity (Wildman–Crippen MR) is 88.8 cm³/mol. The predicted octanol–water partition coefficient (Wildman–Crippen LogP) is 3.55. The molecule has 1 aromatic heterocycles. The van der Waals surface area contributed by atoms with Crippen molar-refractivity contribution in [2.45, 2.75) is 19.5 Å². The van der Waals surface area contributed by atoms with E-state index in [0.29, 0.717) is 0 Å². The lowest BCUT2D eigenvalue weighted by Crippen LogP contribution is -2.13. The lowest BCUT2D eigenvalue weighted by atomic mass is 10.1. The number of thiazole rings is 1. The van der Waals surface area contributed by atoms with E-state index in [1.165, 1.54) is 21.5 Å². The van der Waals surface area contributed by atoms with Crippen LogP contribution in [0.5, 0.6) is 0 Å². The van der Waals surface area contributed by atoms with E-state index in [9.17, 15) is 0 Å². The van der Waals surface area contributed by atoms with E-state index in [0.717, 1.165) is 36.6 Å². The van der Waals surface area contributed by atoms with Crippen molar-refractivity contribution in [3.63, 3.8) is 0 Å². The zero-order valence-electron chi connectivity index (χ0n) is 11.7. The van der Waals surface area contributed by atoms with Crippen molar-refractivity contribution < 1.29 is 0 Å². The summed E-state index contributed by atoms with van der Waals surface area (Å²) in [6.07, 6.45) is 1.14. The second kappa shape index (κ2) is 5.47. The molecule has 0 bridgehead atoms. The minimum absolute atomic E-state index is 0.822. The number of anilines is 1. The number of para-hydroxylation sites is 2. The summed E-state index contributed by atoms with van der Waals surface area (Å²) >= 11 is 1.77. The number of nitrogens with zero attached hydrogens (tertiary/aromatic N) is 1. The molecule has 3 aromatic rings. The largest absolute Gasteiger partial charge is 0.384 e. The first-order valence-corrected chi connectivity index (χ1v) is 8.11. The van der Waals surface area contributed by atoms with Crippen LogP contribution in [0, 0.1) is 0 Å². The maximum atomic E-state index is 4.66. The molecule has 106 valence electrons. The van der Waals surface area contributed by atoms with Gasteiger partial charge in [0.25, 0.3) is 0 Å². The zero-order valence-corrected chi connectivity index (χ0v) is 12.5. The molecular weight excluding hydrogens is 278 g/mol. The molecule has 2 heterocycles. The summed E-state index contributed by atoms with van der Waals surface area (Å²) in [6.45, 7) is 2.76. The van der Waals surface area contributed by atoms with Crippen LogP contribution in [0.4, 0.5) is 5.69 Å². The Kier molecular flexibility index (Phi) is 3.33. The van der Waals surface area contributed by atoms with Gasteiger partial charge in [-0.2, -0.15) is 0 Å². The van der Waals surface area contributed by atoms with Crippen LogP contribution >= 0.6 is 11.3 Å². The Morgan fingerprint density at radius 1 is 1.10 bits per heavy atom. The number of nitrogens with one attached hydrogen (secondary N) is 2. The molecule has 1 aliphatic heterocycles. The smallest absolute Gasteiger partial charge is 0.108 e. The first-order chi connectivity index (χ1) is 10.4. The Hall–Kier alpha value is -1.91. The molecule has 2 N–H and O–H groups in total. The minimum Gasteiger partial charge on any atom is -0.384 e. The lowest BCUT2D eigenvalue weighted by Gasteiger charge is -2.09. The van der Waals surface area contributed by atoms with Crippen LogP contribution in [0.3, 0.4) is 0 Å². The molecule has 4 rings (SSSR count). The fraction of sp³-hybridized carbons (Fsp3) is 0.235. The third-order valence-electron chi connectivity index (χ3n) is 3.86. The molecule has 0 saturated carbocycles. The molecule has 0 atom stereocenters. The summed E-state index contributed by atoms with van der Waals surface area (Å²) in [6, 6.07) is 14.9. The van der Waals surface area contributed by atoms with Gasteiger partial charge < -0.3 is 10.6 Å². The fourth-order valence-electron chi connectivity index (χ4n) is 2.86. The van der Waals surface area contributed by atoms with Gasteiger partial charge in [0.05, 0.1) is 10.2 Å². The van der Waals surface area contributed by atoms with Crippen molar-refractivity contribution in [3.8, 4) is 0 Å². The second-order valence-electron chi connectivity index (χ2n) is 5.31. The number of benzene rings is 2. The molecule has 1 aliphatic rings. The van der Waals surface area contributed by atoms with Gasteiger partial charge in [-0.25, -0.2) is 4.98 Å². The van der Waals surface area contributed by atoms with Crippen molar-refractivity contribution in [2.75, 3.05) is 11.9 Å². The Bertz CT molecular complexity index is 746. The van der Waals surface area contributed by atoms with Crippen LogP contribution in [0.2, 0.25) is 0 Å². The molecule has 0 spiro atoms. The first kappa shape index (κ1) is 12.8. The van der Waals surface area contributed by atoms with Crippen LogP contribution in [-0.2, 0) is 19.5 Å². The average molecular weight is 295 g/mol.